The Morgan fingerprint density at radius 1 is 1.79 bits per heavy atom. The number of nitrogens with two attached hydrogens (primary N) is 1. The lowest BCUT2D eigenvalue weighted by Crippen LogP contribution is -2.15. The zero-order valence-electron chi connectivity index (χ0n) is 8.04. The van der Waals surface area contributed by atoms with Crippen molar-refractivity contribution in [1.29, 1.82) is 0 Å². The largest absolute Gasteiger partial charge is 0.394 e. The molecule has 0 atom stereocenters. The number of H-pyrrole nitrogens is 1. The van der Waals surface area contributed by atoms with E-state index in [1.165, 1.54) is 6.20 Å². The van der Waals surface area contributed by atoms with Crippen molar-refractivity contribution in [1.82, 2.24) is 10.2 Å². The summed E-state index contributed by atoms with van der Waals surface area (Å²) in [6.07, 6.45) is 1.75. The average molecular weight is 198 g/mol. The molecule has 0 saturated carbocycles. The fourth-order valence-corrected chi connectivity index (χ4v) is 0.907. The number of rotatable bonds is 5. The van der Waals surface area contributed by atoms with Gasteiger partial charge in [-0.25, -0.2) is 0 Å². The molecule has 0 aliphatic rings. The minimum atomic E-state index is -0.144. The third-order valence-electron chi connectivity index (χ3n) is 1.61. The first-order valence-electron chi connectivity index (χ1n) is 4.40. The van der Waals surface area contributed by atoms with Crippen LogP contribution in [0.5, 0.6) is 0 Å². The standard InChI is InChI=1S/C8H14N4O2/c1-2-14-4-3-7(13)11-8-6(9)5-10-12-8/h5H,2-4,9H2,1H3,(H2,10,11,12,13). The molecule has 1 heterocycles. The van der Waals surface area contributed by atoms with Crippen molar-refractivity contribution in [2.45, 2.75) is 13.3 Å². The molecule has 0 unspecified atom stereocenters. The van der Waals surface area contributed by atoms with E-state index in [0.717, 1.165) is 0 Å². The number of carbonyl (C=O) groups excluding carboxylic acids is 1. The quantitative estimate of drug-likeness (QED) is 0.595. The number of anilines is 2. The Morgan fingerprint density at radius 3 is 3.14 bits per heavy atom. The second-order valence-electron chi connectivity index (χ2n) is 2.70. The molecular weight excluding hydrogens is 184 g/mol. The Morgan fingerprint density at radius 2 is 2.57 bits per heavy atom. The number of nitrogens with one attached hydrogen (secondary N) is 2. The predicted molar refractivity (Wildman–Crippen MR) is 52.7 cm³/mol. The predicted octanol–water partition coefficient (Wildman–Crippen LogP) is 0.357. The number of hydrogen-bond acceptors (Lipinski definition) is 4. The van der Waals surface area contributed by atoms with Crippen molar-refractivity contribution in [3.8, 4) is 0 Å². The number of ether oxygens (including phenoxy) is 1. The molecule has 1 rings (SSSR count). The molecule has 6 heteroatoms. The lowest BCUT2D eigenvalue weighted by Gasteiger charge is -2.03. The van der Waals surface area contributed by atoms with Gasteiger partial charge in [-0.05, 0) is 6.92 Å². The van der Waals surface area contributed by atoms with Gasteiger partial charge in [-0.1, -0.05) is 0 Å². The first-order chi connectivity index (χ1) is 6.74. The summed E-state index contributed by atoms with van der Waals surface area (Å²) in [6.45, 7) is 2.90. The molecule has 1 amide bonds. The second-order valence-corrected chi connectivity index (χ2v) is 2.70. The first-order valence-corrected chi connectivity index (χ1v) is 4.40. The van der Waals surface area contributed by atoms with Gasteiger partial charge >= 0.3 is 0 Å². The summed E-state index contributed by atoms with van der Waals surface area (Å²) in [5, 5.41) is 8.84. The Labute approximate surface area is 81.8 Å². The lowest BCUT2D eigenvalue weighted by atomic mass is 10.4. The molecule has 0 aromatic carbocycles. The van der Waals surface area contributed by atoms with Crippen LogP contribution >= 0.6 is 0 Å². The molecule has 0 spiro atoms. The summed E-state index contributed by atoms with van der Waals surface area (Å²) in [5.74, 6) is 0.292. The van der Waals surface area contributed by atoms with Gasteiger partial charge in [0.2, 0.25) is 5.91 Å². The molecule has 0 bridgehead atoms. The van der Waals surface area contributed by atoms with Crippen molar-refractivity contribution < 1.29 is 9.53 Å². The fraction of sp³-hybridized carbons (Fsp3) is 0.500. The summed E-state index contributed by atoms with van der Waals surface area (Å²) < 4.78 is 5.04. The molecule has 0 aliphatic carbocycles. The summed E-state index contributed by atoms with van der Waals surface area (Å²) >= 11 is 0. The zero-order chi connectivity index (χ0) is 10.4. The van der Waals surface area contributed by atoms with Crippen molar-refractivity contribution in [2.24, 2.45) is 0 Å². The number of aromatic nitrogens is 2. The van der Waals surface area contributed by atoms with Crippen LogP contribution in [0.1, 0.15) is 13.3 Å². The summed E-state index contributed by atoms with van der Waals surface area (Å²) in [4.78, 5) is 11.2. The van der Waals surface area contributed by atoms with E-state index in [1.807, 2.05) is 6.92 Å². The van der Waals surface area contributed by atoms with Gasteiger partial charge in [0.05, 0.1) is 24.9 Å². The van der Waals surface area contributed by atoms with E-state index < -0.39 is 0 Å². The SMILES string of the molecule is CCOCCC(=O)Nc1[nH]ncc1N. The number of carbonyl (C=O) groups is 1. The number of aromatic amines is 1. The summed E-state index contributed by atoms with van der Waals surface area (Å²) in [6, 6.07) is 0. The molecular formula is C8H14N4O2. The third kappa shape index (κ3) is 3.06. The maximum absolute atomic E-state index is 11.2. The van der Waals surface area contributed by atoms with E-state index in [0.29, 0.717) is 31.1 Å². The molecule has 4 N–H and O–H groups in total. The Kier molecular flexibility index (Phi) is 3.93. The second kappa shape index (κ2) is 5.23. The van der Waals surface area contributed by atoms with Gasteiger partial charge in [-0.3, -0.25) is 9.89 Å². The molecule has 0 radical (unpaired) electrons. The Bertz CT molecular complexity index is 297. The highest BCUT2D eigenvalue weighted by Crippen LogP contribution is 2.12. The molecule has 1 aromatic heterocycles. The first kappa shape index (κ1) is 10.5. The minimum Gasteiger partial charge on any atom is -0.394 e. The van der Waals surface area contributed by atoms with Crippen molar-refractivity contribution >= 4 is 17.4 Å². The average Bonchev–Trinajstić information content (AvgIpc) is 2.52. The number of amides is 1. The van der Waals surface area contributed by atoms with Gasteiger partial charge in [0.25, 0.3) is 0 Å². The monoisotopic (exact) mass is 198 g/mol. The smallest absolute Gasteiger partial charge is 0.227 e. The van der Waals surface area contributed by atoms with E-state index in [4.69, 9.17) is 10.5 Å². The van der Waals surface area contributed by atoms with Crippen LogP contribution in [0.25, 0.3) is 0 Å². The third-order valence-corrected chi connectivity index (χ3v) is 1.61. The van der Waals surface area contributed by atoms with Crippen LogP contribution in [-0.4, -0.2) is 29.3 Å². The van der Waals surface area contributed by atoms with Gasteiger partial charge in [-0.2, -0.15) is 5.10 Å². The van der Waals surface area contributed by atoms with Crippen LogP contribution in [0, 0.1) is 0 Å². The number of nitrogen functional groups attached to an aromatic ring is 1. The molecule has 14 heavy (non-hydrogen) atoms. The highest BCUT2D eigenvalue weighted by molar-refractivity contribution is 5.92. The van der Waals surface area contributed by atoms with Gasteiger partial charge in [0.1, 0.15) is 0 Å². The number of nitrogens with zero attached hydrogens (tertiary/aromatic N) is 1. The van der Waals surface area contributed by atoms with Crippen LogP contribution in [0.15, 0.2) is 6.20 Å². The lowest BCUT2D eigenvalue weighted by molar-refractivity contribution is -0.117. The van der Waals surface area contributed by atoms with E-state index >= 15 is 0 Å². The Hall–Kier alpha value is -1.56. The molecule has 78 valence electrons. The maximum atomic E-state index is 11.2. The molecule has 0 fully saturated rings. The van der Waals surface area contributed by atoms with Crippen LogP contribution in [-0.2, 0) is 9.53 Å². The summed E-state index contributed by atoms with van der Waals surface area (Å²) in [5.41, 5.74) is 5.93. The van der Waals surface area contributed by atoms with E-state index in [9.17, 15) is 4.79 Å². The molecule has 0 saturated heterocycles. The van der Waals surface area contributed by atoms with Crippen molar-refractivity contribution in [3.05, 3.63) is 6.20 Å². The van der Waals surface area contributed by atoms with Gasteiger partial charge in [-0.15, -0.1) is 0 Å². The van der Waals surface area contributed by atoms with Crippen molar-refractivity contribution in [2.75, 3.05) is 24.3 Å². The van der Waals surface area contributed by atoms with Crippen molar-refractivity contribution in [3.63, 3.8) is 0 Å². The van der Waals surface area contributed by atoms with E-state index in [1.54, 1.807) is 0 Å². The van der Waals surface area contributed by atoms with Crippen LogP contribution < -0.4 is 11.1 Å². The maximum Gasteiger partial charge on any atom is 0.227 e. The Balaban J connectivity index is 2.31. The van der Waals surface area contributed by atoms with Gasteiger partial charge < -0.3 is 15.8 Å². The van der Waals surface area contributed by atoms with E-state index in [-0.39, 0.29) is 5.91 Å². The number of hydrogen-bond donors (Lipinski definition) is 3. The minimum absolute atomic E-state index is 0.144. The van der Waals surface area contributed by atoms with Crippen LogP contribution in [0.3, 0.4) is 0 Å². The van der Waals surface area contributed by atoms with Crippen LogP contribution in [0.2, 0.25) is 0 Å². The van der Waals surface area contributed by atoms with E-state index in [2.05, 4.69) is 15.5 Å². The normalized spacial score (nSPS) is 10.1. The fourth-order valence-electron chi connectivity index (χ4n) is 0.907. The highest BCUT2D eigenvalue weighted by Gasteiger charge is 2.05. The molecule has 1 aromatic rings. The summed E-state index contributed by atoms with van der Waals surface area (Å²) in [7, 11) is 0. The molecule has 6 nitrogen and oxygen atoms in total. The van der Waals surface area contributed by atoms with Crippen LogP contribution in [0.4, 0.5) is 11.5 Å². The topological polar surface area (TPSA) is 93.0 Å². The molecule has 0 aliphatic heterocycles. The zero-order valence-corrected chi connectivity index (χ0v) is 8.04. The van der Waals surface area contributed by atoms with Gasteiger partial charge in [0, 0.05) is 6.61 Å². The van der Waals surface area contributed by atoms with Gasteiger partial charge in [0.15, 0.2) is 5.82 Å². The highest BCUT2D eigenvalue weighted by atomic mass is 16.5.